The highest BCUT2D eigenvalue weighted by molar-refractivity contribution is 14.1. The topological polar surface area (TPSA) is 29.1 Å². The van der Waals surface area contributed by atoms with Crippen molar-refractivity contribution in [3.8, 4) is 0 Å². The third kappa shape index (κ3) is 2.83. The van der Waals surface area contributed by atoms with Gasteiger partial charge in [0.1, 0.15) is 0 Å². The Hall–Kier alpha value is -0.860. The standard InChI is InChI=1S/C9H6F4INO/c10-7(11)9(12,13)8(16)15-6-4-2-1-3-5(6)14/h1-4,7H,(H,15,16). The second kappa shape index (κ2) is 4.98. The maximum Gasteiger partial charge on any atom is 0.383 e. The molecule has 0 bridgehead atoms. The summed E-state index contributed by atoms with van der Waals surface area (Å²) < 4.78 is 49.4. The van der Waals surface area contributed by atoms with E-state index < -0.39 is 18.3 Å². The highest BCUT2D eigenvalue weighted by Gasteiger charge is 2.49. The van der Waals surface area contributed by atoms with Gasteiger partial charge in [0.05, 0.1) is 5.69 Å². The average molecular weight is 347 g/mol. The second-order valence-electron chi connectivity index (χ2n) is 2.86. The summed E-state index contributed by atoms with van der Waals surface area (Å²) in [5.74, 6) is -6.69. The minimum absolute atomic E-state index is 0.0772. The first-order valence-electron chi connectivity index (χ1n) is 4.07. The van der Waals surface area contributed by atoms with Gasteiger partial charge in [0.25, 0.3) is 0 Å². The molecule has 2 nitrogen and oxygen atoms in total. The van der Waals surface area contributed by atoms with Crippen LogP contribution in [-0.2, 0) is 4.79 Å². The lowest BCUT2D eigenvalue weighted by Crippen LogP contribution is -2.41. The predicted octanol–water partition coefficient (Wildman–Crippen LogP) is 3.13. The second-order valence-corrected chi connectivity index (χ2v) is 4.02. The van der Waals surface area contributed by atoms with Gasteiger partial charge in [-0.15, -0.1) is 0 Å². The number of para-hydroxylation sites is 1. The van der Waals surface area contributed by atoms with Gasteiger partial charge in [0.2, 0.25) is 0 Å². The molecule has 0 fully saturated rings. The Balaban J connectivity index is 2.84. The third-order valence-electron chi connectivity index (χ3n) is 1.70. The molecule has 1 aromatic rings. The quantitative estimate of drug-likeness (QED) is 0.661. The van der Waals surface area contributed by atoms with Crippen LogP contribution in [0, 0.1) is 3.57 Å². The maximum absolute atomic E-state index is 12.6. The Morgan fingerprint density at radius 2 is 1.88 bits per heavy atom. The third-order valence-corrected chi connectivity index (χ3v) is 2.64. The number of carbonyl (C=O) groups excluding carboxylic acids is 1. The van der Waals surface area contributed by atoms with E-state index in [1.54, 1.807) is 40.0 Å². The maximum atomic E-state index is 12.6. The van der Waals surface area contributed by atoms with Crippen LogP contribution < -0.4 is 5.32 Å². The van der Waals surface area contributed by atoms with Crippen LogP contribution in [0.5, 0.6) is 0 Å². The highest BCUT2D eigenvalue weighted by Crippen LogP contribution is 2.26. The number of benzene rings is 1. The molecule has 1 N–H and O–H groups in total. The first-order valence-corrected chi connectivity index (χ1v) is 5.15. The van der Waals surface area contributed by atoms with Crippen LogP contribution in [0.2, 0.25) is 0 Å². The number of alkyl halides is 4. The van der Waals surface area contributed by atoms with Gasteiger partial charge in [-0.25, -0.2) is 8.78 Å². The van der Waals surface area contributed by atoms with Crippen LogP contribution in [0.1, 0.15) is 0 Å². The van der Waals surface area contributed by atoms with Crippen molar-refractivity contribution >= 4 is 34.2 Å². The molecular weight excluding hydrogens is 341 g/mol. The largest absolute Gasteiger partial charge is 0.383 e. The Bertz CT molecular complexity index is 397. The van der Waals surface area contributed by atoms with Gasteiger partial charge in [0.15, 0.2) is 0 Å². The molecule has 1 rings (SSSR count). The van der Waals surface area contributed by atoms with E-state index in [4.69, 9.17) is 0 Å². The molecule has 0 radical (unpaired) electrons. The van der Waals surface area contributed by atoms with Crippen LogP contribution in [0.4, 0.5) is 23.2 Å². The Morgan fingerprint density at radius 1 is 1.31 bits per heavy atom. The van der Waals surface area contributed by atoms with Gasteiger partial charge < -0.3 is 5.32 Å². The van der Waals surface area contributed by atoms with Gasteiger partial charge >= 0.3 is 18.3 Å². The fourth-order valence-corrected chi connectivity index (χ4v) is 1.39. The lowest BCUT2D eigenvalue weighted by Gasteiger charge is -2.15. The van der Waals surface area contributed by atoms with Crippen LogP contribution in [-0.4, -0.2) is 18.3 Å². The fourth-order valence-electron chi connectivity index (χ4n) is 0.867. The van der Waals surface area contributed by atoms with Gasteiger partial charge in [-0.1, -0.05) is 12.1 Å². The summed E-state index contributed by atoms with van der Waals surface area (Å²) in [6.07, 6.45) is -4.02. The predicted molar refractivity (Wildman–Crippen MR) is 58.7 cm³/mol. The van der Waals surface area contributed by atoms with Crippen molar-refractivity contribution in [2.45, 2.75) is 12.3 Å². The molecule has 0 aliphatic rings. The number of halogens is 5. The number of rotatable bonds is 3. The zero-order valence-corrected chi connectivity index (χ0v) is 9.84. The van der Waals surface area contributed by atoms with E-state index in [0.29, 0.717) is 3.57 Å². The minimum Gasteiger partial charge on any atom is -0.320 e. The van der Waals surface area contributed by atoms with Crippen molar-refractivity contribution in [1.29, 1.82) is 0 Å². The first kappa shape index (κ1) is 13.2. The Labute approximate surface area is 102 Å². The molecule has 0 spiro atoms. The summed E-state index contributed by atoms with van der Waals surface area (Å²) in [5.41, 5.74) is 0.0772. The van der Waals surface area contributed by atoms with Gasteiger partial charge in [0, 0.05) is 3.57 Å². The smallest absolute Gasteiger partial charge is 0.320 e. The van der Waals surface area contributed by atoms with Crippen molar-refractivity contribution in [2.75, 3.05) is 5.32 Å². The van der Waals surface area contributed by atoms with E-state index in [9.17, 15) is 22.4 Å². The molecule has 1 amide bonds. The number of amides is 1. The molecule has 0 saturated carbocycles. The number of carbonyl (C=O) groups is 1. The summed E-state index contributed by atoms with van der Waals surface area (Å²) in [5, 5.41) is 1.76. The fraction of sp³-hybridized carbons (Fsp3) is 0.222. The molecule has 7 heteroatoms. The zero-order valence-electron chi connectivity index (χ0n) is 7.68. The van der Waals surface area contributed by atoms with Crippen molar-refractivity contribution in [2.24, 2.45) is 0 Å². The van der Waals surface area contributed by atoms with Gasteiger partial charge in [-0.05, 0) is 34.7 Å². The van der Waals surface area contributed by atoms with Crippen LogP contribution in [0.3, 0.4) is 0 Å². The van der Waals surface area contributed by atoms with Gasteiger partial charge in [-0.2, -0.15) is 8.78 Å². The highest BCUT2D eigenvalue weighted by atomic mass is 127. The van der Waals surface area contributed by atoms with Crippen molar-refractivity contribution in [3.05, 3.63) is 27.8 Å². The Kier molecular flexibility index (Phi) is 4.11. The summed E-state index contributed by atoms with van der Waals surface area (Å²) in [6, 6.07) is 6.03. The van der Waals surface area contributed by atoms with Crippen molar-refractivity contribution < 1.29 is 22.4 Å². The number of hydrogen-bond donors (Lipinski definition) is 1. The Morgan fingerprint density at radius 3 is 2.38 bits per heavy atom. The summed E-state index contributed by atoms with van der Waals surface area (Å²) >= 11 is 1.79. The monoisotopic (exact) mass is 347 g/mol. The lowest BCUT2D eigenvalue weighted by atomic mass is 10.3. The number of hydrogen-bond acceptors (Lipinski definition) is 1. The normalized spacial score (nSPS) is 11.6. The molecule has 0 aliphatic carbocycles. The van der Waals surface area contributed by atoms with Crippen molar-refractivity contribution in [3.63, 3.8) is 0 Å². The van der Waals surface area contributed by atoms with E-state index in [1.165, 1.54) is 12.1 Å². The molecule has 0 heterocycles. The summed E-state index contributed by atoms with van der Waals surface area (Å²) in [7, 11) is 0. The van der Waals surface area contributed by atoms with E-state index in [0.717, 1.165) is 0 Å². The minimum atomic E-state index is -4.68. The summed E-state index contributed by atoms with van der Waals surface area (Å²) in [6.45, 7) is 0. The van der Waals surface area contributed by atoms with Crippen LogP contribution in [0.15, 0.2) is 24.3 Å². The number of nitrogens with one attached hydrogen (secondary N) is 1. The lowest BCUT2D eigenvalue weighted by molar-refractivity contribution is -0.163. The first-order chi connectivity index (χ1) is 7.35. The molecular formula is C9H6F4INO. The molecule has 0 atom stereocenters. The zero-order chi connectivity index (χ0) is 12.3. The SMILES string of the molecule is O=C(Nc1ccccc1I)C(F)(F)C(F)F. The number of anilines is 1. The van der Waals surface area contributed by atoms with Crippen molar-refractivity contribution in [1.82, 2.24) is 0 Å². The molecule has 16 heavy (non-hydrogen) atoms. The van der Waals surface area contributed by atoms with E-state index in [1.807, 2.05) is 0 Å². The molecule has 1 aromatic carbocycles. The molecule has 88 valence electrons. The van der Waals surface area contributed by atoms with Crippen LogP contribution >= 0.6 is 22.6 Å². The van der Waals surface area contributed by atoms with Crippen LogP contribution in [0.25, 0.3) is 0 Å². The van der Waals surface area contributed by atoms with E-state index in [-0.39, 0.29) is 5.69 Å². The molecule has 0 aliphatic heterocycles. The molecule has 0 saturated heterocycles. The van der Waals surface area contributed by atoms with Gasteiger partial charge in [-0.3, -0.25) is 4.79 Å². The molecule has 0 aromatic heterocycles. The van der Waals surface area contributed by atoms with E-state index >= 15 is 0 Å². The average Bonchev–Trinajstić information content (AvgIpc) is 2.21. The summed E-state index contributed by atoms with van der Waals surface area (Å²) in [4.78, 5) is 10.9. The van der Waals surface area contributed by atoms with E-state index in [2.05, 4.69) is 0 Å². The molecule has 0 unspecified atom stereocenters.